The summed E-state index contributed by atoms with van der Waals surface area (Å²) < 4.78 is 0. The lowest BCUT2D eigenvalue weighted by molar-refractivity contribution is 0.196. The van der Waals surface area contributed by atoms with Gasteiger partial charge in [-0.1, -0.05) is 37.6 Å². The minimum atomic E-state index is 0.582. The van der Waals surface area contributed by atoms with Crippen molar-refractivity contribution in [2.75, 3.05) is 26.2 Å². The molecule has 0 spiro atoms. The molecule has 2 nitrogen and oxygen atoms in total. The Hall–Kier alpha value is -0.860. The molecule has 1 aromatic rings. The fourth-order valence-electron chi connectivity index (χ4n) is 3.96. The van der Waals surface area contributed by atoms with Crippen LogP contribution >= 0.6 is 0 Å². The molecule has 0 saturated carbocycles. The molecule has 1 heterocycles. The molecule has 2 aliphatic rings. The van der Waals surface area contributed by atoms with Crippen LogP contribution in [0.2, 0.25) is 0 Å². The third kappa shape index (κ3) is 4.08. The van der Waals surface area contributed by atoms with E-state index >= 15 is 0 Å². The molecule has 2 unspecified atom stereocenters. The van der Waals surface area contributed by atoms with Gasteiger partial charge in [-0.2, -0.15) is 0 Å². The maximum atomic E-state index is 3.84. The highest BCUT2D eigenvalue weighted by molar-refractivity contribution is 5.32. The first-order chi connectivity index (χ1) is 10.3. The molecule has 2 heteroatoms. The number of fused-ring (bicyclic) bond motifs is 1. The number of benzene rings is 1. The van der Waals surface area contributed by atoms with Gasteiger partial charge < -0.3 is 10.2 Å². The second-order valence-electron chi connectivity index (χ2n) is 7.02. The van der Waals surface area contributed by atoms with Gasteiger partial charge in [-0.05, 0) is 68.8 Å². The van der Waals surface area contributed by atoms with E-state index in [1.807, 2.05) is 0 Å². The lowest BCUT2D eigenvalue weighted by Crippen LogP contribution is -2.37. The van der Waals surface area contributed by atoms with Crippen molar-refractivity contribution in [1.29, 1.82) is 0 Å². The number of aryl methyl sites for hydroxylation is 1. The van der Waals surface area contributed by atoms with Gasteiger partial charge in [-0.3, -0.25) is 0 Å². The number of hydrogen-bond donors (Lipinski definition) is 1. The molecule has 2 atom stereocenters. The molecular formula is C19H30N2. The summed E-state index contributed by atoms with van der Waals surface area (Å²) in [7, 11) is 0. The third-order valence-corrected chi connectivity index (χ3v) is 5.10. The molecule has 1 aliphatic heterocycles. The average Bonchev–Trinajstić information content (AvgIpc) is 2.54. The van der Waals surface area contributed by atoms with E-state index in [-0.39, 0.29) is 0 Å². The third-order valence-electron chi connectivity index (χ3n) is 5.10. The standard InChI is InChI=1S/C19H30N2/c1-16(15-21-12-5-2-6-13-21)14-20-19-11-7-9-17-8-3-4-10-18(17)19/h3-4,8,10,16,19-20H,2,5-7,9,11-15H2,1H3. The van der Waals surface area contributed by atoms with E-state index < -0.39 is 0 Å². The molecule has 21 heavy (non-hydrogen) atoms. The lowest BCUT2D eigenvalue weighted by Gasteiger charge is -2.31. The van der Waals surface area contributed by atoms with Gasteiger partial charge in [0.2, 0.25) is 0 Å². The first-order valence-corrected chi connectivity index (χ1v) is 8.86. The fourth-order valence-corrected chi connectivity index (χ4v) is 3.96. The number of rotatable bonds is 5. The molecule has 3 rings (SSSR count). The van der Waals surface area contributed by atoms with Crippen LogP contribution in [0.15, 0.2) is 24.3 Å². The van der Waals surface area contributed by atoms with Crippen LogP contribution in [0.1, 0.15) is 56.2 Å². The van der Waals surface area contributed by atoms with E-state index in [0.29, 0.717) is 6.04 Å². The Bertz CT molecular complexity index is 437. The molecule has 0 radical (unpaired) electrons. The number of hydrogen-bond acceptors (Lipinski definition) is 2. The molecule has 1 aliphatic carbocycles. The highest BCUT2D eigenvalue weighted by Crippen LogP contribution is 2.29. The SMILES string of the molecule is CC(CNC1CCCc2ccccc21)CN1CCCCC1. The van der Waals surface area contributed by atoms with Gasteiger partial charge in [0.25, 0.3) is 0 Å². The molecule has 0 bridgehead atoms. The van der Waals surface area contributed by atoms with Gasteiger partial charge in [0, 0.05) is 12.6 Å². The number of nitrogens with zero attached hydrogens (tertiary/aromatic N) is 1. The van der Waals surface area contributed by atoms with Crippen molar-refractivity contribution in [1.82, 2.24) is 10.2 Å². The second-order valence-corrected chi connectivity index (χ2v) is 7.02. The van der Waals surface area contributed by atoms with Crippen LogP contribution in [0.4, 0.5) is 0 Å². The van der Waals surface area contributed by atoms with Crippen molar-refractivity contribution in [2.24, 2.45) is 5.92 Å². The highest BCUT2D eigenvalue weighted by atomic mass is 15.1. The Kier molecular flexibility index (Phi) is 5.32. The summed E-state index contributed by atoms with van der Waals surface area (Å²) in [6.07, 6.45) is 8.12. The van der Waals surface area contributed by atoms with E-state index in [1.54, 1.807) is 11.1 Å². The van der Waals surface area contributed by atoms with E-state index in [4.69, 9.17) is 0 Å². The molecule has 0 amide bonds. The van der Waals surface area contributed by atoms with Gasteiger partial charge in [0.1, 0.15) is 0 Å². The average molecular weight is 286 g/mol. The summed E-state index contributed by atoms with van der Waals surface area (Å²) >= 11 is 0. The molecule has 116 valence electrons. The van der Waals surface area contributed by atoms with Crippen LogP contribution in [0.25, 0.3) is 0 Å². The summed E-state index contributed by atoms with van der Waals surface area (Å²) in [5.41, 5.74) is 3.11. The first kappa shape index (κ1) is 15.1. The fraction of sp³-hybridized carbons (Fsp3) is 0.684. The highest BCUT2D eigenvalue weighted by Gasteiger charge is 2.20. The minimum absolute atomic E-state index is 0.582. The van der Waals surface area contributed by atoms with Crippen LogP contribution in [0, 0.1) is 5.92 Å². The summed E-state index contributed by atoms with van der Waals surface area (Å²) in [6, 6.07) is 9.58. The van der Waals surface area contributed by atoms with Gasteiger partial charge >= 0.3 is 0 Å². The van der Waals surface area contributed by atoms with Gasteiger partial charge in [-0.15, -0.1) is 0 Å². The number of piperidine rings is 1. The second kappa shape index (κ2) is 7.42. The summed E-state index contributed by atoms with van der Waals surface area (Å²) in [5.74, 6) is 0.747. The Morgan fingerprint density at radius 2 is 1.95 bits per heavy atom. The van der Waals surface area contributed by atoms with E-state index in [1.165, 1.54) is 58.2 Å². The number of nitrogens with one attached hydrogen (secondary N) is 1. The predicted molar refractivity (Wildman–Crippen MR) is 89.6 cm³/mol. The van der Waals surface area contributed by atoms with E-state index in [2.05, 4.69) is 41.4 Å². The zero-order valence-corrected chi connectivity index (χ0v) is 13.5. The summed E-state index contributed by atoms with van der Waals surface area (Å²) in [5, 5.41) is 3.84. The summed E-state index contributed by atoms with van der Waals surface area (Å²) in [6.45, 7) is 7.44. The molecule has 0 aromatic heterocycles. The maximum Gasteiger partial charge on any atom is 0.0323 e. The van der Waals surface area contributed by atoms with Crippen molar-refractivity contribution in [3.05, 3.63) is 35.4 Å². The normalized spacial score (nSPS) is 24.5. The summed E-state index contributed by atoms with van der Waals surface area (Å²) in [4.78, 5) is 2.66. The molecular weight excluding hydrogens is 256 g/mol. The molecule has 1 fully saturated rings. The molecule has 1 aromatic carbocycles. The van der Waals surface area contributed by atoms with Crippen molar-refractivity contribution in [3.8, 4) is 0 Å². The Morgan fingerprint density at radius 1 is 1.14 bits per heavy atom. The Labute approximate surface area is 129 Å². The van der Waals surface area contributed by atoms with Crippen molar-refractivity contribution >= 4 is 0 Å². The van der Waals surface area contributed by atoms with Gasteiger partial charge in [0.05, 0.1) is 0 Å². The van der Waals surface area contributed by atoms with Crippen molar-refractivity contribution in [3.63, 3.8) is 0 Å². The topological polar surface area (TPSA) is 15.3 Å². The first-order valence-electron chi connectivity index (χ1n) is 8.86. The van der Waals surface area contributed by atoms with Crippen LogP contribution in [0.5, 0.6) is 0 Å². The maximum absolute atomic E-state index is 3.84. The van der Waals surface area contributed by atoms with E-state index in [9.17, 15) is 0 Å². The van der Waals surface area contributed by atoms with Crippen LogP contribution in [-0.2, 0) is 6.42 Å². The molecule has 1 saturated heterocycles. The predicted octanol–water partition coefficient (Wildman–Crippen LogP) is 3.78. The molecule has 1 N–H and O–H groups in total. The van der Waals surface area contributed by atoms with Crippen molar-refractivity contribution < 1.29 is 0 Å². The zero-order valence-electron chi connectivity index (χ0n) is 13.5. The Morgan fingerprint density at radius 3 is 2.81 bits per heavy atom. The van der Waals surface area contributed by atoms with Crippen molar-refractivity contribution in [2.45, 2.75) is 51.5 Å². The zero-order chi connectivity index (χ0) is 14.5. The van der Waals surface area contributed by atoms with Gasteiger partial charge in [-0.25, -0.2) is 0 Å². The van der Waals surface area contributed by atoms with Crippen LogP contribution < -0.4 is 5.32 Å². The van der Waals surface area contributed by atoms with Crippen LogP contribution in [-0.4, -0.2) is 31.1 Å². The Balaban J connectivity index is 1.49. The monoisotopic (exact) mass is 286 g/mol. The lowest BCUT2D eigenvalue weighted by atomic mass is 9.87. The quantitative estimate of drug-likeness (QED) is 0.886. The number of likely N-dealkylation sites (tertiary alicyclic amines) is 1. The van der Waals surface area contributed by atoms with Crippen LogP contribution in [0.3, 0.4) is 0 Å². The largest absolute Gasteiger partial charge is 0.310 e. The minimum Gasteiger partial charge on any atom is -0.310 e. The van der Waals surface area contributed by atoms with Gasteiger partial charge in [0.15, 0.2) is 0 Å². The van der Waals surface area contributed by atoms with E-state index in [0.717, 1.165) is 12.5 Å². The smallest absolute Gasteiger partial charge is 0.0323 e.